The third kappa shape index (κ3) is 3.11. The Morgan fingerprint density at radius 3 is 2.75 bits per heavy atom. The van der Waals surface area contributed by atoms with Crippen LogP contribution in [-0.2, 0) is 4.79 Å². The lowest BCUT2D eigenvalue weighted by atomic mass is 10.0. The van der Waals surface area contributed by atoms with Gasteiger partial charge in [0.1, 0.15) is 11.3 Å². The quantitative estimate of drug-likeness (QED) is 0.840. The molecule has 1 aromatic carbocycles. The summed E-state index contributed by atoms with van der Waals surface area (Å²) in [5.41, 5.74) is 0.429. The SMILES string of the molecule is COc1cccc(C2CCCN2CCN2C(=O)NC(C)(C)C2=O)c1. The van der Waals surface area contributed by atoms with Gasteiger partial charge in [-0.25, -0.2) is 4.79 Å². The second kappa shape index (κ2) is 6.43. The van der Waals surface area contributed by atoms with Gasteiger partial charge < -0.3 is 10.1 Å². The van der Waals surface area contributed by atoms with E-state index < -0.39 is 5.54 Å². The normalized spacial score (nSPS) is 23.6. The van der Waals surface area contributed by atoms with Crippen LogP contribution in [0.15, 0.2) is 24.3 Å². The van der Waals surface area contributed by atoms with Crippen molar-refractivity contribution in [3.63, 3.8) is 0 Å². The van der Waals surface area contributed by atoms with E-state index in [0.717, 1.165) is 25.1 Å². The molecule has 2 aliphatic rings. The first-order chi connectivity index (χ1) is 11.4. The molecule has 6 nitrogen and oxygen atoms in total. The number of nitrogens with one attached hydrogen (secondary N) is 1. The van der Waals surface area contributed by atoms with Gasteiger partial charge in [0.25, 0.3) is 5.91 Å². The lowest BCUT2D eigenvalue weighted by Crippen LogP contribution is -2.41. The number of urea groups is 1. The number of hydrogen-bond acceptors (Lipinski definition) is 4. The second-order valence-corrected chi connectivity index (χ2v) is 6.98. The van der Waals surface area contributed by atoms with Gasteiger partial charge in [-0.1, -0.05) is 12.1 Å². The zero-order valence-electron chi connectivity index (χ0n) is 14.5. The molecule has 1 atom stereocenters. The van der Waals surface area contributed by atoms with Gasteiger partial charge in [-0.15, -0.1) is 0 Å². The first-order valence-electron chi connectivity index (χ1n) is 8.44. The number of methoxy groups -OCH3 is 1. The predicted octanol–water partition coefficient (Wildman–Crippen LogP) is 2.16. The van der Waals surface area contributed by atoms with Crippen molar-refractivity contribution in [2.24, 2.45) is 0 Å². The number of hydrogen-bond donors (Lipinski definition) is 1. The van der Waals surface area contributed by atoms with Crippen LogP contribution >= 0.6 is 0 Å². The van der Waals surface area contributed by atoms with Crippen molar-refractivity contribution in [2.45, 2.75) is 38.3 Å². The van der Waals surface area contributed by atoms with Gasteiger partial charge in [0, 0.05) is 19.1 Å². The zero-order chi connectivity index (χ0) is 17.3. The highest BCUT2D eigenvalue weighted by Crippen LogP contribution is 2.33. The van der Waals surface area contributed by atoms with Gasteiger partial charge in [-0.3, -0.25) is 14.6 Å². The fraction of sp³-hybridized carbons (Fsp3) is 0.556. The molecule has 0 aromatic heterocycles. The summed E-state index contributed by atoms with van der Waals surface area (Å²) in [6, 6.07) is 8.15. The standard InChI is InChI=1S/C18H25N3O3/c1-18(2)16(22)21(17(23)19-18)11-10-20-9-5-8-15(20)13-6-4-7-14(12-13)24-3/h4,6-7,12,15H,5,8-11H2,1-3H3,(H,19,23). The highest BCUT2D eigenvalue weighted by molar-refractivity contribution is 6.06. The van der Waals surface area contributed by atoms with E-state index >= 15 is 0 Å². The Morgan fingerprint density at radius 2 is 2.08 bits per heavy atom. The van der Waals surface area contributed by atoms with Gasteiger partial charge >= 0.3 is 6.03 Å². The monoisotopic (exact) mass is 331 g/mol. The summed E-state index contributed by atoms with van der Waals surface area (Å²) in [6.07, 6.45) is 2.20. The minimum absolute atomic E-state index is 0.148. The van der Waals surface area contributed by atoms with E-state index in [9.17, 15) is 9.59 Å². The highest BCUT2D eigenvalue weighted by Gasteiger charge is 2.44. The van der Waals surface area contributed by atoms with Crippen LogP contribution in [0.5, 0.6) is 5.75 Å². The van der Waals surface area contributed by atoms with E-state index in [1.165, 1.54) is 10.5 Å². The average Bonchev–Trinajstić information content (AvgIpc) is 3.09. The van der Waals surface area contributed by atoms with Crippen LogP contribution in [-0.4, -0.2) is 54.0 Å². The largest absolute Gasteiger partial charge is 0.497 e. The summed E-state index contributed by atoms with van der Waals surface area (Å²) in [5, 5.41) is 2.73. The molecule has 3 amide bonds. The molecule has 2 heterocycles. The molecule has 24 heavy (non-hydrogen) atoms. The molecule has 1 aromatic rings. The Balaban J connectivity index is 1.66. The number of amides is 3. The van der Waals surface area contributed by atoms with Crippen molar-refractivity contribution in [2.75, 3.05) is 26.7 Å². The summed E-state index contributed by atoms with van der Waals surface area (Å²) in [4.78, 5) is 28.0. The van der Waals surface area contributed by atoms with Gasteiger partial charge in [0.05, 0.1) is 7.11 Å². The predicted molar refractivity (Wildman–Crippen MR) is 90.9 cm³/mol. The Labute approximate surface area is 142 Å². The summed E-state index contributed by atoms with van der Waals surface area (Å²) < 4.78 is 5.32. The highest BCUT2D eigenvalue weighted by atomic mass is 16.5. The Morgan fingerprint density at radius 1 is 1.29 bits per heavy atom. The molecule has 0 saturated carbocycles. The maximum Gasteiger partial charge on any atom is 0.325 e. The van der Waals surface area contributed by atoms with Crippen molar-refractivity contribution in [1.29, 1.82) is 0 Å². The smallest absolute Gasteiger partial charge is 0.325 e. The third-order valence-corrected chi connectivity index (χ3v) is 4.90. The molecule has 2 aliphatic heterocycles. The van der Waals surface area contributed by atoms with E-state index in [1.807, 2.05) is 12.1 Å². The van der Waals surface area contributed by atoms with E-state index in [4.69, 9.17) is 4.74 Å². The molecule has 0 aliphatic carbocycles. The summed E-state index contributed by atoms with van der Waals surface area (Å²) in [7, 11) is 1.67. The van der Waals surface area contributed by atoms with Crippen LogP contribution in [0.25, 0.3) is 0 Å². The Kier molecular flexibility index (Phi) is 4.49. The fourth-order valence-electron chi connectivity index (χ4n) is 3.57. The molecule has 2 saturated heterocycles. The fourth-order valence-corrected chi connectivity index (χ4v) is 3.57. The Hall–Kier alpha value is -2.08. The van der Waals surface area contributed by atoms with Crippen molar-refractivity contribution in [1.82, 2.24) is 15.1 Å². The number of benzene rings is 1. The van der Waals surface area contributed by atoms with Crippen LogP contribution < -0.4 is 10.1 Å². The molecule has 2 fully saturated rings. The topological polar surface area (TPSA) is 61.9 Å². The number of ether oxygens (including phenoxy) is 1. The molecule has 0 bridgehead atoms. The summed E-state index contributed by atoms with van der Waals surface area (Å²) >= 11 is 0. The van der Waals surface area contributed by atoms with Crippen LogP contribution in [0.1, 0.15) is 38.3 Å². The van der Waals surface area contributed by atoms with Crippen molar-refractivity contribution >= 4 is 11.9 Å². The zero-order valence-corrected chi connectivity index (χ0v) is 14.5. The minimum Gasteiger partial charge on any atom is -0.497 e. The van der Waals surface area contributed by atoms with Crippen molar-refractivity contribution < 1.29 is 14.3 Å². The van der Waals surface area contributed by atoms with Crippen LogP contribution in [0, 0.1) is 0 Å². The van der Waals surface area contributed by atoms with Gasteiger partial charge in [-0.05, 0) is 50.9 Å². The van der Waals surface area contributed by atoms with Gasteiger partial charge in [-0.2, -0.15) is 0 Å². The molecule has 130 valence electrons. The Bertz CT molecular complexity index is 644. The molecular weight excluding hydrogens is 306 g/mol. The van der Waals surface area contributed by atoms with Gasteiger partial charge in [0.15, 0.2) is 0 Å². The lowest BCUT2D eigenvalue weighted by molar-refractivity contribution is -0.130. The van der Waals surface area contributed by atoms with Crippen LogP contribution in [0.2, 0.25) is 0 Å². The summed E-state index contributed by atoms with van der Waals surface area (Å²) in [6.45, 7) is 5.57. The average molecular weight is 331 g/mol. The van der Waals surface area contributed by atoms with Crippen LogP contribution in [0.3, 0.4) is 0 Å². The molecule has 3 rings (SSSR count). The van der Waals surface area contributed by atoms with E-state index in [2.05, 4.69) is 22.3 Å². The number of imide groups is 1. The van der Waals surface area contributed by atoms with Crippen LogP contribution in [0.4, 0.5) is 4.79 Å². The lowest BCUT2D eigenvalue weighted by Gasteiger charge is -2.26. The van der Waals surface area contributed by atoms with Gasteiger partial charge in [0.2, 0.25) is 0 Å². The minimum atomic E-state index is -0.797. The maximum atomic E-state index is 12.3. The molecule has 0 radical (unpaired) electrons. The van der Waals surface area contributed by atoms with E-state index in [1.54, 1.807) is 21.0 Å². The first kappa shape index (κ1) is 16.8. The van der Waals surface area contributed by atoms with Crippen molar-refractivity contribution in [3.05, 3.63) is 29.8 Å². The number of carbonyl (C=O) groups is 2. The number of likely N-dealkylation sites (tertiary alicyclic amines) is 1. The third-order valence-electron chi connectivity index (χ3n) is 4.90. The van der Waals surface area contributed by atoms with E-state index in [-0.39, 0.29) is 11.9 Å². The van der Waals surface area contributed by atoms with E-state index in [0.29, 0.717) is 19.1 Å². The number of nitrogens with zero attached hydrogens (tertiary/aromatic N) is 2. The number of rotatable bonds is 5. The second-order valence-electron chi connectivity index (χ2n) is 6.98. The molecule has 1 N–H and O–H groups in total. The maximum absolute atomic E-state index is 12.3. The molecule has 6 heteroatoms. The number of carbonyl (C=O) groups excluding carboxylic acids is 2. The molecular formula is C18H25N3O3. The molecule has 0 spiro atoms. The van der Waals surface area contributed by atoms with Crippen molar-refractivity contribution in [3.8, 4) is 5.75 Å². The summed E-state index contributed by atoms with van der Waals surface area (Å²) in [5.74, 6) is 0.708. The molecule has 1 unspecified atom stereocenters. The first-order valence-corrected chi connectivity index (χ1v) is 8.44.